The van der Waals surface area contributed by atoms with Crippen molar-refractivity contribution in [1.29, 1.82) is 0 Å². The first-order valence-electron chi connectivity index (χ1n) is 4.16. The smallest absolute Gasteiger partial charge is 0.335 e. The van der Waals surface area contributed by atoms with Crippen LogP contribution in [0.3, 0.4) is 0 Å². The lowest BCUT2D eigenvalue weighted by molar-refractivity contribution is 0.0697. The number of halogens is 2. The molecule has 0 atom stereocenters. The highest BCUT2D eigenvalue weighted by molar-refractivity contribution is 9.09. The number of carboxylic acid groups (broad SMARTS) is 1. The van der Waals surface area contributed by atoms with Crippen molar-refractivity contribution in [2.45, 2.75) is 12.3 Å². The van der Waals surface area contributed by atoms with Crippen molar-refractivity contribution >= 4 is 33.5 Å². The van der Waals surface area contributed by atoms with E-state index in [1.54, 1.807) is 12.1 Å². The third kappa shape index (κ3) is 2.72. The first-order chi connectivity index (χ1) is 6.69. The zero-order valence-corrected chi connectivity index (χ0v) is 9.81. The second-order valence-corrected chi connectivity index (χ2v) is 3.92. The van der Waals surface area contributed by atoms with Gasteiger partial charge in [0.05, 0.1) is 5.56 Å². The van der Waals surface area contributed by atoms with E-state index in [1.165, 1.54) is 0 Å². The predicted octanol–water partition coefficient (Wildman–Crippen LogP) is 3.06. The molecular formula is C10H10BrClO2. The van der Waals surface area contributed by atoms with E-state index in [4.69, 9.17) is 16.7 Å². The zero-order chi connectivity index (χ0) is 10.6. The number of carbonyl (C=O) groups is 1. The lowest BCUT2D eigenvalue weighted by Gasteiger charge is -2.06. The Morgan fingerprint density at radius 1 is 1.43 bits per heavy atom. The molecule has 1 rings (SSSR count). The number of aryl methyl sites for hydroxylation is 1. The van der Waals surface area contributed by atoms with E-state index >= 15 is 0 Å². The molecule has 1 aromatic rings. The van der Waals surface area contributed by atoms with Gasteiger partial charge < -0.3 is 5.11 Å². The zero-order valence-electron chi connectivity index (χ0n) is 7.46. The van der Waals surface area contributed by atoms with Crippen LogP contribution in [0.25, 0.3) is 0 Å². The van der Waals surface area contributed by atoms with Crippen molar-refractivity contribution in [3.8, 4) is 0 Å². The van der Waals surface area contributed by atoms with E-state index in [0.29, 0.717) is 11.4 Å². The van der Waals surface area contributed by atoms with Crippen LogP contribution in [-0.4, -0.2) is 16.4 Å². The van der Waals surface area contributed by atoms with Gasteiger partial charge in [0.25, 0.3) is 0 Å². The molecule has 1 aromatic carbocycles. The van der Waals surface area contributed by atoms with E-state index < -0.39 is 5.97 Å². The Labute approximate surface area is 96.0 Å². The number of benzene rings is 1. The van der Waals surface area contributed by atoms with Crippen molar-refractivity contribution in [3.63, 3.8) is 0 Å². The van der Waals surface area contributed by atoms with E-state index in [1.807, 2.05) is 6.07 Å². The molecule has 0 bridgehead atoms. The highest BCUT2D eigenvalue weighted by Crippen LogP contribution is 2.16. The fourth-order valence-corrected chi connectivity index (χ4v) is 1.91. The fraction of sp³-hybridized carbons (Fsp3) is 0.300. The van der Waals surface area contributed by atoms with Crippen LogP contribution < -0.4 is 0 Å². The van der Waals surface area contributed by atoms with Crippen LogP contribution in [-0.2, 0) is 12.3 Å². The van der Waals surface area contributed by atoms with Gasteiger partial charge in [-0.15, -0.1) is 11.6 Å². The Kier molecular flexibility index (Phi) is 4.42. The molecule has 0 saturated heterocycles. The summed E-state index contributed by atoms with van der Waals surface area (Å²) in [6.07, 6.45) is 0.863. The number of hydrogen-bond donors (Lipinski definition) is 1. The number of hydrogen-bond acceptors (Lipinski definition) is 1. The van der Waals surface area contributed by atoms with Crippen molar-refractivity contribution in [2.75, 3.05) is 5.33 Å². The molecule has 14 heavy (non-hydrogen) atoms. The van der Waals surface area contributed by atoms with Crippen molar-refractivity contribution in [1.82, 2.24) is 0 Å². The van der Waals surface area contributed by atoms with Crippen molar-refractivity contribution in [3.05, 3.63) is 34.9 Å². The molecule has 76 valence electrons. The highest BCUT2D eigenvalue weighted by Gasteiger charge is 2.07. The average molecular weight is 278 g/mol. The average Bonchev–Trinajstić information content (AvgIpc) is 2.18. The highest BCUT2D eigenvalue weighted by atomic mass is 79.9. The number of rotatable bonds is 4. The summed E-state index contributed by atoms with van der Waals surface area (Å²) in [5, 5.41) is 9.62. The molecule has 0 amide bonds. The molecule has 0 heterocycles. The second kappa shape index (κ2) is 5.37. The predicted molar refractivity (Wildman–Crippen MR) is 60.5 cm³/mol. The van der Waals surface area contributed by atoms with Crippen LogP contribution in [0.15, 0.2) is 18.2 Å². The summed E-state index contributed by atoms with van der Waals surface area (Å²) in [6.45, 7) is 0. The summed E-state index contributed by atoms with van der Waals surface area (Å²) in [6, 6.07) is 5.06. The molecule has 0 aliphatic carbocycles. The summed E-state index contributed by atoms with van der Waals surface area (Å²) in [5.74, 6) is -0.564. The van der Waals surface area contributed by atoms with Gasteiger partial charge in [-0.25, -0.2) is 4.79 Å². The van der Waals surface area contributed by atoms with Gasteiger partial charge >= 0.3 is 5.97 Å². The van der Waals surface area contributed by atoms with E-state index in [0.717, 1.165) is 22.9 Å². The molecule has 0 unspecified atom stereocenters. The third-order valence-corrected chi connectivity index (χ3v) is 2.65. The molecule has 0 aliphatic rings. The van der Waals surface area contributed by atoms with E-state index in [2.05, 4.69) is 15.9 Å². The number of alkyl halides is 2. The summed E-state index contributed by atoms with van der Waals surface area (Å²) < 4.78 is 0. The first kappa shape index (κ1) is 11.5. The van der Waals surface area contributed by atoms with E-state index in [9.17, 15) is 4.79 Å². The van der Waals surface area contributed by atoms with Crippen LogP contribution in [0.2, 0.25) is 0 Å². The molecule has 0 fully saturated rings. The molecule has 2 nitrogen and oxygen atoms in total. The van der Waals surface area contributed by atoms with Crippen LogP contribution in [0.1, 0.15) is 21.5 Å². The summed E-state index contributed by atoms with van der Waals surface area (Å²) in [4.78, 5) is 10.7. The molecule has 1 N–H and O–H groups in total. The monoisotopic (exact) mass is 276 g/mol. The fourth-order valence-electron chi connectivity index (χ4n) is 1.23. The lowest BCUT2D eigenvalue weighted by atomic mass is 10.0. The lowest BCUT2D eigenvalue weighted by Crippen LogP contribution is -2.00. The van der Waals surface area contributed by atoms with Gasteiger partial charge in [-0.2, -0.15) is 0 Å². The van der Waals surface area contributed by atoms with Gasteiger partial charge in [0.2, 0.25) is 0 Å². The minimum atomic E-state index is -0.915. The summed E-state index contributed by atoms with van der Waals surface area (Å²) in [7, 11) is 0. The quantitative estimate of drug-likeness (QED) is 0.859. The maximum absolute atomic E-state index is 10.7. The minimum absolute atomic E-state index is 0.291. The van der Waals surface area contributed by atoms with E-state index in [-0.39, 0.29) is 0 Å². The molecule has 0 radical (unpaired) electrons. The van der Waals surface area contributed by atoms with Gasteiger partial charge in [-0.1, -0.05) is 22.0 Å². The van der Waals surface area contributed by atoms with Gasteiger partial charge in [-0.05, 0) is 29.7 Å². The minimum Gasteiger partial charge on any atom is -0.478 e. The molecular weight excluding hydrogens is 267 g/mol. The van der Waals surface area contributed by atoms with Gasteiger partial charge in [0, 0.05) is 11.2 Å². The largest absolute Gasteiger partial charge is 0.478 e. The summed E-state index contributed by atoms with van der Waals surface area (Å²) in [5.41, 5.74) is 2.28. The third-order valence-electron chi connectivity index (χ3n) is 1.96. The Balaban J connectivity index is 3.04. The molecule has 0 saturated carbocycles. The van der Waals surface area contributed by atoms with Crippen LogP contribution in [0.4, 0.5) is 0 Å². The Morgan fingerprint density at radius 3 is 2.64 bits per heavy atom. The van der Waals surface area contributed by atoms with Gasteiger partial charge in [-0.3, -0.25) is 0 Å². The molecule has 4 heteroatoms. The number of carboxylic acids is 1. The Bertz CT molecular complexity index is 339. The maximum atomic E-state index is 10.7. The Morgan fingerprint density at radius 2 is 2.14 bits per heavy atom. The maximum Gasteiger partial charge on any atom is 0.335 e. The van der Waals surface area contributed by atoms with Gasteiger partial charge in [0.1, 0.15) is 0 Å². The standard InChI is InChI=1S/C10H10BrClO2/c11-4-3-7-1-2-8(10(13)14)5-9(7)6-12/h1-2,5H,3-4,6H2,(H,13,14). The Hall–Kier alpha value is -0.540. The summed E-state index contributed by atoms with van der Waals surface area (Å²) >= 11 is 9.07. The van der Waals surface area contributed by atoms with Crippen LogP contribution >= 0.6 is 27.5 Å². The molecule has 0 aliphatic heterocycles. The topological polar surface area (TPSA) is 37.3 Å². The molecule has 0 spiro atoms. The second-order valence-electron chi connectivity index (χ2n) is 2.86. The van der Waals surface area contributed by atoms with Gasteiger partial charge in [0.15, 0.2) is 0 Å². The molecule has 0 aromatic heterocycles. The number of aromatic carboxylic acids is 1. The van der Waals surface area contributed by atoms with Crippen molar-refractivity contribution in [2.24, 2.45) is 0 Å². The SMILES string of the molecule is O=C(O)c1ccc(CCBr)c(CCl)c1. The van der Waals surface area contributed by atoms with Crippen molar-refractivity contribution < 1.29 is 9.90 Å². The normalized spacial score (nSPS) is 10.1. The van der Waals surface area contributed by atoms with Crippen LogP contribution in [0, 0.1) is 0 Å². The first-order valence-corrected chi connectivity index (χ1v) is 5.81. The van der Waals surface area contributed by atoms with Crippen LogP contribution in [0.5, 0.6) is 0 Å².